The number of rotatable bonds is 19. The summed E-state index contributed by atoms with van der Waals surface area (Å²) >= 11 is 0. The van der Waals surface area contributed by atoms with Crippen LogP contribution in [0, 0.1) is 0 Å². The molecule has 0 unspecified atom stereocenters. The van der Waals surface area contributed by atoms with Crippen LogP contribution in [0.15, 0.2) is 0 Å². The van der Waals surface area contributed by atoms with Crippen molar-refractivity contribution in [2.24, 2.45) is 5.73 Å². The average molecular weight is 418 g/mol. The first-order valence-electron chi connectivity index (χ1n) is 11.2. The van der Waals surface area contributed by atoms with E-state index < -0.39 is 30.4 Å². The first kappa shape index (κ1) is 29.6. The second-order valence-electron chi connectivity index (χ2n) is 7.64. The Morgan fingerprint density at radius 2 is 0.966 bits per heavy atom. The van der Waals surface area contributed by atoms with Crippen molar-refractivity contribution in [2.45, 2.75) is 122 Å². The summed E-state index contributed by atoms with van der Waals surface area (Å²) < 4.78 is 0. The van der Waals surface area contributed by atoms with Crippen molar-refractivity contribution in [3.8, 4) is 0 Å². The lowest BCUT2D eigenvalue weighted by Gasteiger charge is -2.03. The zero-order chi connectivity index (χ0) is 22.3. The van der Waals surface area contributed by atoms with Gasteiger partial charge in [0.15, 0.2) is 0 Å². The quantitative estimate of drug-likeness (QED) is 0.212. The summed E-state index contributed by atoms with van der Waals surface area (Å²) in [4.78, 5) is 30.0. The summed E-state index contributed by atoms with van der Waals surface area (Å²) in [6.07, 6.45) is 19.7. The molecule has 0 amide bonds. The molecule has 7 nitrogen and oxygen atoms in total. The van der Waals surface area contributed by atoms with Gasteiger partial charge in [-0.25, -0.2) is 0 Å². The fourth-order valence-electron chi connectivity index (χ4n) is 2.92. The number of unbranched alkanes of at least 4 members (excludes halogenated alkanes) is 14. The van der Waals surface area contributed by atoms with E-state index in [1.807, 2.05) is 0 Å². The Bertz CT molecular complexity index is 414. The first-order chi connectivity index (χ1) is 13.8. The standard InChI is InChI=1S/C18H36O2.C4H7NO4/c1-2-3-4-5-6-7-8-9-10-11-12-13-14-15-16-17-18(19)20;5-2(4(8)9)1-3(6)7/h2-17H2,1H3,(H,19,20);2H,1,5H2,(H,6,7)(H,8,9)/t;2-/m.0/s1. The highest BCUT2D eigenvalue weighted by Gasteiger charge is 2.14. The van der Waals surface area contributed by atoms with Crippen LogP contribution in [0.5, 0.6) is 0 Å². The van der Waals surface area contributed by atoms with Crippen molar-refractivity contribution >= 4 is 17.9 Å². The largest absolute Gasteiger partial charge is 0.481 e. The van der Waals surface area contributed by atoms with E-state index in [-0.39, 0.29) is 0 Å². The smallest absolute Gasteiger partial charge is 0.321 e. The van der Waals surface area contributed by atoms with Crippen molar-refractivity contribution < 1.29 is 29.7 Å². The number of carbonyl (C=O) groups is 3. The summed E-state index contributed by atoms with van der Waals surface area (Å²) in [5.74, 6) is -3.15. The van der Waals surface area contributed by atoms with Crippen molar-refractivity contribution in [1.82, 2.24) is 0 Å². The van der Waals surface area contributed by atoms with Crippen LogP contribution >= 0.6 is 0 Å². The average Bonchev–Trinajstić information content (AvgIpc) is 2.64. The Morgan fingerprint density at radius 3 is 1.21 bits per heavy atom. The molecule has 0 saturated heterocycles. The lowest BCUT2D eigenvalue weighted by Crippen LogP contribution is -2.32. The predicted molar refractivity (Wildman–Crippen MR) is 115 cm³/mol. The lowest BCUT2D eigenvalue weighted by atomic mass is 10.0. The van der Waals surface area contributed by atoms with Crippen LogP contribution in [-0.2, 0) is 14.4 Å². The van der Waals surface area contributed by atoms with E-state index in [1.54, 1.807) is 0 Å². The second kappa shape index (κ2) is 22.7. The number of carboxylic acid groups (broad SMARTS) is 3. The fraction of sp³-hybridized carbons (Fsp3) is 0.864. The van der Waals surface area contributed by atoms with Gasteiger partial charge in [-0.3, -0.25) is 14.4 Å². The molecule has 0 spiro atoms. The summed E-state index contributed by atoms with van der Waals surface area (Å²) in [6.45, 7) is 2.27. The summed E-state index contributed by atoms with van der Waals surface area (Å²) in [6, 6.07) is -1.29. The van der Waals surface area contributed by atoms with Crippen LogP contribution in [0.2, 0.25) is 0 Å². The Balaban J connectivity index is 0. The molecule has 0 aromatic carbocycles. The van der Waals surface area contributed by atoms with E-state index >= 15 is 0 Å². The molecule has 0 heterocycles. The van der Waals surface area contributed by atoms with E-state index in [9.17, 15) is 14.4 Å². The molecule has 0 fully saturated rings. The van der Waals surface area contributed by atoms with Crippen molar-refractivity contribution in [3.63, 3.8) is 0 Å². The molecule has 29 heavy (non-hydrogen) atoms. The van der Waals surface area contributed by atoms with Gasteiger partial charge in [-0.05, 0) is 6.42 Å². The van der Waals surface area contributed by atoms with Gasteiger partial charge in [0.2, 0.25) is 0 Å². The van der Waals surface area contributed by atoms with Crippen LogP contribution < -0.4 is 5.73 Å². The van der Waals surface area contributed by atoms with Crippen molar-refractivity contribution in [3.05, 3.63) is 0 Å². The third-order valence-electron chi connectivity index (χ3n) is 4.71. The van der Waals surface area contributed by atoms with Crippen molar-refractivity contribution in [2.75, 3.05) is 0 Å². The number of aliphatic carboxylic acids is 3. The summed E-state index contributed by atoms with van der Waals surface area (Å²) in [5, 5.41) is 24.5. The van der Waals surface area contributed by atoms with E-state index in [0.29, 0.717) is 6.42 Å². The SMILES string of the molecule is CCCCCCCCCCCCCCCCCC(=O)O.N[C@@H](CC(=O)O)C(=O)O. The molecule has 5 N–H and O–H groups in total. The minimum Gasteiger partial charge on any atom is -0.481 e. The number of hydrogen-bond acceptors (Lipinski definition) is 4. The Labute approximate surface area is 176 Å². The minimum absolute atomic E-state index is 0.345. The summed E-state index contributed by atoms with van der Waals surface area (Å²) in [5.41, 5.74) is 4.84. The number of hydrogen-bond donors (Lipinski definition) is 4. The van der Waals surface area contributed by atoms with Gasteiger partial charge in [-0.1, -0.05) is 96.8 Å². The Kier molecular flexibility index (Phi) is 23.1. The van der Waals surface area contributed by atoms with E-state index in [4.69, 9.17) is 21.1 Å². The normalized spacial score (nSPS) is 11.4. The molecule has 1 atom stereocenters. The maximum atomic E-state index is 10.3. The molecular formula is C22H43NO6. The molecule has 0 aliphatic rings. The molecule has 0 aromatic rings. The molecule has 7 heteroatoms. The van der Waals surface area contributed by atoms with Gasteiger partial charge >= 0.3 is 17.9 Å². The van der Waals surface area contributed by atoms with Gasteiger partial charge in [0.1, 0.15) is 6.04 Å². The second-order valence-corrected chi connectivity index (χ2v) is 7.64. The monoisotopic (exact) mass is 417 g/mol. The molecule has 0 radical (unpaired) electrons. The molecular weight excluding hydrogens is 374 g/mol. The third-order valence-corrected chi connectivity index (χ3v) is 4.71. The van der Waals surface area contributed by atoms with Gasteiger partial charge in [0.05, 0.1) is 6.42 Å². The minimum atomic E-state index is -1.29. The number of nitrogens with two attached hydrogens (primary N) is 1. The van der Waals surface area contributed by atoms with E-state index in [2.05, 4.69) is 6.92 Å². The van der Waals surface area contributed by atoms with Gasteiger partial charge in [-0.15, -0.1) is 0 Å². The topological polar surface area (TPSA) is 138 Å². The van der Waals surface area contributed by atoms with E-state index in [0.717, 1.165) is 12.8 Å². The van der Waals surface area contributed by atoms with Gasteiger partial charge in [-0.2, -0.15) is 0 Å². The maximum absolute atomic E-state index is 10.3. The number of carboxylic acids is 3. The highest BCUT2D eigenvalue weighted by Crippen LogP contribution is 2.13. The highest BCUT2D eigenvalue weighted by molar-refractivity contribution is 5.80. The maximum Gasteiger partial charge on any atom is 0.321 e. The molecule has 172 valence electrons. The van der Waals surface area contributed by atoms with Gasteiger partial charge < -0.3 is 21.1 Å². The van der Waals surface area contributed by atoms with E-state index in [1.165, 1.54) is 83.5 Å². The zero-order valence-electron chi connectivity index (χ0n) is 18.2. The Hall–Kier alpha value is -1.63. The highest BCUT2D eigenvalue weighted by atomic mass is 16.4. The van der Waals surface area contributed by atoms with Crippen molar-refractivity contribution in [1.29, 1.82) is 0 Å². The molecule has 0 aromatic heterocycles. The molecule has 0 saturated carbocycles. The Morgan fingerprint density at radius 1 is 0.621 bits per heavy atom. The summed E-state index contributed by atoms with van der Waals surface area (Å²) in [7, 11) is 0. The van der Waals surface area contributed by atoms with Crippen LogP contribution in [0.25, 0.3) is 0 Å². The molecule has 0 aliphatic heterocycles. The van der Waals surface area contributed by atoms with Crippen LogP contribution in [0.4, 0.5) is 0 Å². The lowest BCUT2D eigenvalue weighted by molar-refractivity contribution is -0.144. The zero-order valence-corrected chi connectivity index (χ0v) is 18.2. The predicted octanol–water partition coefficient (Wildman–Crippen LogP) is 5.21. The van der Waals surface area contributed by atoms with Crippen LogP contribution in [0.1, 0.15) is 116 Å². The van der Waals surface area contributed by atoms with Gasteiger partial charge in [0.25, 0.3) is 0 Å². The molecule has 0 rings (SSSR count). The molecule has 0 aliphatic carbocycles. The molecule has 0 bridgehead atoms. The van der Waals surface area contributed by atoms with Crippen LogP contribution in [0.3, 0.4) is 0 Å². The van der Waals surface area contributed by atoms with Crippen LogP contribution in [-0.4, -0.2) is 39.3 Å². The van der Waals surface area contributed by atoms with Gasteiger partial charge in [0, 0.05) is 6.42 Å². The first-order valence-corrected chi connectivity index (χ1v) is 11.2. The fourth-order valence-corrected chi connectivity index (χ4v) is 2.92. The third kappa shape index (κ3) is 28.7.